The van der Waals surface area contributed by atoms with Crippen molar-refractivity contribution in [2.24, 2.45) is 0 Å². The number of carboxylic acid groups (broad SMARTS) is 1. The first-order valence-corrected chi connectivity index (χ1v) is 5.29. The maximum Gasteiger partial charge on any atom is 1.00 e. The molecule has 17 heavy (non-hydrogen) atoms. The normalized spacial score (nSPS) is 11.4. The molecule has 10 heteroatoms. The molecular formula is C7H9NNa2O6S. The number of amides is 1. The summed E-state index contributed by atoms with van der Waals surface area (Å²) in [6.07, 6.45) is 0.361. The molecule has 0 saturated heterocycles. The van der Waals surface area contributed by atoms with Crippen LogP contribution >= 0.6 is 0 Å². The quantitative estimate of drug-likeness (QED) is 0.293. The van der Waals surface area contributed by atoms with Crippen molar-refractivity contribution in [2.75, 3.05) is 6.54 Å². The van der Waals surface area contributed by atoms with Gasteiger partial charge in [0.05, 0.1) is 11.2 Å². The summed E-state index contributed by atoms with van der Waals surface area (Å²) in [6, 6.07) is 0. The number of carbonyl (C=O) groups excluding carboxylic acids is 2. The molecule has 86 valence electrons. The Morgan fingerprint density at radius 1 is 1.35 bits per heavy atom. The number of rotatable bonds is 6. The fourth-order valence-electron chi connectivity index (χ4n) is 0.730. The van der Waals surface area contributed by atoms with E-state index in [0.29, 0.717) is 0 Å². The van der Waals surface area contributed by atoms with Crippen molar-refractivity contribution in [3.05, 3.63) is 12.7 Å². The van der Waals surface area contributed by atoms with Gasteiger partial charge in [0, 0.05) is 13.0 Å². The zero-order valence-corrected chi connectivity index (χ0v) is 14.5. The van der Waals surface area contributed by atoms with Gasteiger partial charge in [0.2, 0.25) is 5.91 Å². The van der Waals surface area contributed by atoms with Crippen LogP contribution in [0.1, 0.15) is 6.42 Å². The van der Waals surface area contributed by atoms with Crippen LogP contribution in [0.2, 0.25) is 0 Å². The Labute approximate surface area is 143 Å². The number of hydrogen-bond acceptors (Lipinski definition) is 6. The molecule has 7 nitrogen and oxygen atoms in total. The van der Waals surface area contributed by atoms with Crippen LogP contribution in [0, 0.1) is 0 Å². The van der Waals surface area contributed by atoms with Crippen molar-refractivity contribution in [3.63, 3.8) is 0 Å². The van der Waals surface area contributed by atoms with Crippen LogP contribution in [0.15, 0.2) is 12.7 Å². The van der Waals surface area contributed by atoms with E-state index in [1.54, 1.807) is 0 Å². The average molecular weight is 281 g/mol. The zero-order chi connectivity index (χ0) is 12.1. The summed E-state index contributed by atoms with van der Waals surface area (Å²) in [7, 11) is -5.08. The van der Waals surface area contributed by atoms with Gasteiger partial charge in [0.25, 0.3) is 0 Å². The number of carboxylic acids is 1. The van der Waals surface area contributed by atoms with Crippen molar-refractivity contribution >= 4 is 22.0 Å². The number of carbonyl (C=O) groups is 2. The monoisotopic (exact) mass is 281 g/mol. The van der Waals surface area contributed by atoms with Crippen LogP contribution in [-0.2, 0) is 19.7 Å². The second-order valence-corrected chi connectivity index (χ2v) is 4.15. The van der Waals surface area contributed by atoms with Crippen molar-refractivity contribution in [1.29, 1.82) is 0 Å². The summed E-state index contributed by atoms with van der Waals surface area (Å²) in [5, 5.41) is 10.0. The molecule has 0 radical (unpaired) electrons. The molecule has 0 aliphatic carbocycles. The fourth-order valence-corrected chi connectivity index (χ4v) is 1.32. The van der Waals surface area contributed by atoms with Gasteiger partial charge in [-0.15, -0.1) is 6.58 Å². The van der Waals surface area contributed by atoms with Crippen LogP contribution in [0.5, 0.6) is 0 Å². The molecule has 0 aromatic carbocycles. The third-order valence-electron chi connectivity index (χ3n) is 1.43. The molecule has 0 bridgehead atoms. The predicted molar refractivity (Wildman–Crippen MR) is 46.3 cm³/mol. The van der Waals surface area contributed by atoms with E-state index in [4.69, 9.17) is 0 Å². The molecule has 1 atom stereocenters. The molecular weight excluding hydrogens is 272 g/mol. The Hall–Kier alpha value is 0.590. The maximum atomic E-state index is 10.9. The van der Waals surface area contributed by atoms with Gasteiger partial charge in [-0.05, 0) is 0 Å². The molecule has 0 saturated carbocycles. The summed E-state index contributed by atoms with van der Waals surface area (Å²) >= 11 is 0. The molecule has 0 fully saturated rings. The second-order valence-electron chi connectivity index (χ2n) is 2.60. The van der Waals surface area contributed by atoms with Gasteiger partial charge in [-0.1, -0.05) is 6.08 Å². The SMILES string of the molecule is C=CCNC(=O)CC(C(=O)[O-])S(=O)(=O)[O-].[Na+].[Na+]. The van der Waals surface area contributed by atoms with Crippen molar-refractivity contribution in [3.8, 4) is 0 Å². The van der Waals surface area contributed by atoms with Crippen LogP contribution < -0.4 is 69.5 Å². The summed E-state index contributed by atoms with van der Waals surface area (Å²) in [5.74, 6) is -2.96. The summed E-state index contributed by atoms with van der Waals surface area (Å²) in [5.41, 5.74) is 0. The van der Waals surface area contributed by atoms with Gasteiger partial charge < -0.3 is 19.8 Å². The standard InChI is InChI=1S/C7H11NO6S.2Na/c1-2-3-8-6(9)4-5(7(10)11)15(12,13)14;;/h2,5H,1,3-4H2,(H,8,9)(H,10,11)(H,12,13,14);;/q;2*+1/p-2. The van der Waals surface area contributed by atoms with Gasteiger partial charge in [-0.3, -0.25) is 4.79 Å². The van der Waals surface area contributed by atoms with E-state index in [-0.39, 0.29) is 65.7 Å². The topological polar surface area (TPSA) is 126 Å². The van der Waals surface area contributed by atoms with Crippen molar-refractivity contribution < 1.29 is 86.8 Å². The minimum absolute atomic E-state index is 0. The molecule has 1 N–H and O–H groups in total. The number of nitrogens with one attached hydrogen (secondary N) is 1. The molecule has 1 amide bonds. The Morgan fingerprint density at radius 2 is 1.82 bits per heavy atom. The number of hydrogen-bond donors (Lipinski definition) is 1. The molecule has 0 aromatic heterocycles. The predicted octanol–water partition coefficient (Wildman–Crippen LogP) is -8.65. The molecule has 0 aliphatic rings. The average Bonchev–Trinajstić information content (AvgIpc) is 2.08. The summed E-state index contributed by atoms with van der Waals surface area (Å²) in [6.45, 7) is 3.33. The first kappa shape index (κ1) is 22.7. The maximum absolute atomic E-state index is 10.9. The van der Waals surface area contributed by atoms with Gasteiger partial charge >= 0.3 is 59.1 Å². The van der Waals surface area contributed by atoms with E-state index in [1.807, 2.05) is 0 Å². The van der Waals surface area contributed by atoms with E-state index in [2.05, 4.69) is 11.9 Å². The first-order chi connectivity index (χ1) is 6.79. The van der Waals surface area contributed by atoms with Crippen LogP contribution in [0.4, 0.5) is 0 Å². The van der Waals surface area contributed by atoms with Gasteiger partial charge in [-0.25, -0.2) is 8.42 Å². The second kappa shape index (κ2) is 10.5. The zero-order valence-electron chi connectivity index (χ0n) is 9.63. The van der Waals surface area contributed by atoms with Crippen molar-refractivity contribution in [1.82, 2.24) is 5.32 Å². The molecule has 0 rings (SSSR count). The van der Waals surface area contributed by atoms with Crippen LogP contribution in [0.3, 0.4) is 0 Å². The third-order valence-corrected chi connectivity index (χ3v) is 2.48. The molecule has 0 aliphatic heterocycles. The van der Waals surface area contributed by atoms with Crippen LogP contribution in [0.25, 0.3) is 0 Å². The Morgan fingerprint density at radius 3 is 2.12 bits per heavy atom. The largest absolute Gasteiger partial charge is 1.00 e. The summed E-state index contributed by atoms with van der Waals surface area (Å²) < 4.78 is 31.2. The third kappa shape index (κ3) is 10.2. The van der Waals surface area contributed by atoms with E-state index in [9.17, 15) is 27.7 Å². The van der Waals surface area contributed by atoms with Gasteiger partial charge in [-0.2, -0.15) is 0 Å². The van der Waals surface area contributed by atoms with E-state index >= 15 is 0 Å². The van der Waals surface area contributed by atoms with E-state index in [1.165, 1.54) is 6.08 Å². The van der Waals surface area contributed by atoms with E-state index < -0.39 is 33.7 Å². The van der Waals surface area contributed by atoms with Gasteiger partial charge in [0.1, 0.15) is 10.1 Å². The van der Waals surface area contributed by atoms with Gasteiger partial charge in [0.15, 0.2) is 0 Å². The minimum Gasteiger partial charge on any atom is -0.747 e. The van der Waals surface area contributed by atoms with Crippen LogP contribution in [-0.4, -0.2) is 36.6 Å². The Kier molecular flexibility index (Phi) is 14.1. The summed E-state index contributed by atoms with van der Waals surface area (Å²) in [4.78, 5) is 21.2. The first-order valence-electron chi connectivity index (χ1n) is 3.82. The van der Waals surface area contributed by atoms with Crippen molar-refractivity contribution in [2.45, 2.75) is 11.7 Å². The molecule has 0 spiro atoms. The smallest absolute Gasteiger partial charge is 0.747 e. The fraction of sp³-hybridized carbons (Fsp3) is 0.429. The Balaban J connectivity index is -0.000000980. The Bertz CT molecular complexity index is 369. The molecule has 0 heterocycles. The van der Waals surface area contributed by atoms with E-state index in [0.717, 1.165) is 0 Å². The number of aliphatic carboxylic acids is 1. The molecule has 0 aromatic rings. The molecule has 1 unspecified atom stereocenters. The minimum atomic E-state index is -5.08.